The molecule has 0 heterocycles. The van der Waals surface area contributed by atoms with E-state index in [1.165, 1.54) is 0 Å². The number of hydrogen-bond donors (Lipinski definition) is 2. The molecular weight excluding hydrogens is 152 g/mol. The highest BCUT2D eigenvalue weighted by Crippen LogP contribution is 1.99. The lowest BCUT2D eigenvalue weighted by Crippen LogP contribution is -2.43. The zero-order chi connectivity index (χ0) is 9.78. The Hall–Kier alpha value is -1.01. The molecule has 0 saturated heterocycles. The third-order valence-electron chi connectivity index (χ3n) is 1.32. The summed E-state index contributed by atoms with van der Waals surface area (Å²) in [7, 11) is 0. The molecule has 0 aromatic carbocycles. The Morgan fingerprint density at radius 2 is 2.25 bits per heavy atom. The van der Waals surface area contributed by atoms with Crippen molar-refractivity contribution >= 4 is 5.91 Å². The second-order valence-corrected chi connectivity index (χ2v) is 3.50. The summed E-state index contributed by atoms with van der Waals surface area (Å²) in [6, 6.07) is -0.126. The van der Waals surface area contributed by atoms with E-state index in [-0.39, 0.29) is 11.9 Å². The quantitative estimate of drug-likeness (QED) is 0.594. The smallest absolute Gasteiger partial charge is 0.222 e. The van der Waals surface area contributed by atoms with Gasteiger partial charge < -0.3 is 11.1 Å². The summed E-state index contributed by atoms with van der Waals surface area (Å²) < 4.78 is 0. The Morgan fingerprint density at radius 1 is 1.75 bits per heavy atom. The molecule has 0 radical (unpaired) electrons. The fourth-order valence-corrected chi connectivity index (χ4v) is 0.728. The van der Waals surface area contributed by atoms with Gasteiger partial charge in [0.1, 0.15) is 0 Å². The van der Waals surface area contributed by atoms with Crippen molar-refractivity contribution in [2.45, 2.75) is 38.8 Å². The second-order valence-electron chi connectivity index (χ2n) is 3.50. The van der Waals surface area contributed by atoms with Gasteiger partial charge in [-0.15, -0.1) is 6.42 Å². The van der Waals surface area contributed by atoms with E-state index in [0.717, 1.165) is 0 Å². The monoisotopic (exact) mass is 168 g/mol. The normalized spacial score (nSPS) is 13.2. The third kappa shape index (κ3) is 4.75. The van der Waals surface area contributed by atoms with E-state index in [0.29, 0.717) is 6.42 Å². The minimum Gasteiger partial charge on any atom is -0.340 e. The number of rotatable bonds is 3. The molecule has 0 saturated carbocycles. The maximum absolute atomic E-state index is 11.1. The molecule has 3 nitrogen and oxygen atoms in total. The van der Waals surface area contributed by atoms with Crippen molar-refractivity contribution in [2.75, 3.05) is 0 Å². The number of nitrogens with one attached hydrogen (secondary N) is 1. The highest BCUT2D eigenvalue weighted by molar-refractivity contribution is 5.77. The van der Waals surface area contributed by atoms with Crippen molar-refractivity contribution in [3.8, 4) is 12.3 Å². The van der Waals surface area contributed by atoms with Crippen LogP contribution in [0.2, 0.25) is 0 Å². The average Bonchev–Trinajstić information content (AvgIpc) is 1.84. The van der Waals surface area contributed by atoms with Crippen LogP contribution in [0.4, 0.5) is 0 Å². The summed E-state index contributed by atoms with van der Waals surface area (Å²) in [6.07, 6.45) is 5.50. The highest BCUT2D eigenvalue weighted by atomic mass is 16.1. The van der Waals surface area contributed by atoms with Crippen molar-refractivity contribution in [3.63, 3.8) is 0 Å². The van der Waals surface area contributed by atoms with E-state index >= 15 is 0 Å². The molecule has 0 bridgehead atoms. The van der Waals surface area contributed by atoms with Crippen LogP contribution >= 0.6 is 0 Å². The molecule has 68 valence electrons. The van der Waals surface area contributed by atoms with Gasteiger partial charge in [0.05, 0.1) is 5.54 Å². The van der Waals surface area contributed by atoms with Crippen molar-refractivity contribution < 1.29 is 4.79 Å². The van der Waals surface area contributed by atoms with E-state index < -0.39 is 5.54 Å². The Bertz CT molecular complexity index is 201. The molecule has 0 fully saturated rings. The second kappa shape index (κ2) is 4.13. The fraction of sp³-hybridized carbons (Fsp3) is 0.667. The predicted molar refractivity (Wildman–Crippen MR) is 49.3 cm³/mol. The van der Waals surface area contributed by atoms with Crippen molar-refractivity contribution in [2.24, 2.45) is 5.73 Å². The number of carbonyl (C=O) groups excluding carboxylic acids is 1. The first-order chi connectivity index (χ1) is 5.37. The average molecular weight is 168 g/mol. The third-order valence-corrected chi connectivity index (χ3v) is 1.32. The number of amides is 1. The molecule has 1 amide bonds. The molecule has 0 aromatic rings. The Labute approximate surface area is 73.7 Å². The molecule has 12 heavy (non-hydrogen) atoms. The maximum Gasteiger partial charge on any atom is 0.222 e. The molecule has 0 spiro atoms. The summed E-state index contributed by atoms with van der Waals surface area (Å²) in [5.74, 6) is 2.37. The van der Waals surface area contributed by atoms with Crippen LogP contribution in [0.25, 0.3) is 0 Å². The summed E-state index contributed by atoms with van der Waals surface area (Å²) in [6.45, 7) is 5.32. The minimum atomic E-state index is -0.577. The van der Waals surface area contributed by atoms with Crippen LogP contribution in [0.15, 0.2) is 0 Å². The Morgan fingerprint density at radius 3 is 2.58 bits per heavy atom. The number of terminal acetylenes is 1. The highest BCUT2D eigenvalue weighted by Gasteiger charge is 2.16. The van der Waals surface area contributed by atoms with Gasteiger partial charge >= 0.3 is 0 Å². The summed E-state index contributed by atoms with van der Waals surface area (Å²) in [4.78, 5) is 11.1. The van der Waals surface area contributed by atoms with Crippen LogP contribution in [0, 0.1) is 12.3 Å². The zero-order valence-electron chi connectivity index (χ0n) is 7.85. The number of carbonyl (C=O) groups is 1. The van der Waals surface area contributed by atoms with Gasteiger partial charge in [-0.3, -0.25) is 4.79 Å². The lowest BCUT2D eigenvalue weighted by molar-refractivity contribution is -0.122. The molecule has 0 rings (SSSR count). The summed E-state index contributed by atoms with van der Waals surface area (Å²) in [5, 5.41) is 2.68. The Kier molecular flexibility index (Phi) is 3.78. The SMILES string of the molecule is C#CC(C)(C)NC(=O)CC(C)N. The molecule has 3 N–H and O–H groups in total. The first kappa shape index (κ1) is 11.0. The van der Waals surface area contributed by atoms with Crippen LogP contribution in [0.1, 0.15) is 27.2 Å². The van der Waals surface area contributed by atoms with E-state index in [1.807, 2.05) is 0 Å². The van der Waals surface area contributed by atoms with Gasteiger partial charge in [-0.25, -0.2) is 0 Å². The van der Waals surface area contributed by atoms with Gasteiger partial charge in [0.2, 0.25) is 5.91 Å². The Balaban J connectivity index is 3.95. The maximum atomic E-state index is 11.1. The van der Waals surface area contributed by atoms with E-state index in [9.17, 15) is 4.79 Å². The molecular formula is C9H16N2O. The first-order valence-corrected chi connectivity index (χ1v) is 3.92. The van der Waals surface area contributed by atoms with Crippen LogP contribution in [0.3, 0.4) is 0 Å². The molecule has 0 aromatic heterocycles. The summed E-state index contributed by atoms with van der Waals surface area (Å²) in [5.41, 5.74) is 4.86. The van der Waals surface area contributed by atoms with Gasteiger partial charge in [0.15, 0.2) is 0 Å². The van der Waals surface area contributed by atoms with Crippen LogP contribution < -0.4 is 11.1 Å². The topological polar surface area (TPSA) is 55.1 Å². The van der Waals surface area contributed by atoms with Gasteiger partial charge in [-0.2, -0.15) is 0 Å². The molecule has 0 aliphatic rings. The van der Waals surface area contributed by atoms with Gasteiger partial charge in [0, 0.05) is 12.5 Å². The van der Waals surface area contributed by atoms with E-state index in [4.69, 9.17) is 12.2 Å². The van der Waals surface area contributed by atoms with Crippen molar-refractivity contribution in [1.82, 2.24) is 5.32 Å². The van der Waals surface area contributed by atoms with Gasteiger partial charge in [-0.05, 0) is 20.8 Å². The van der Waals surface area contributed by atoms with Gasteiger partial charge in [0.25, 0.3) is 0 Å². The molecule has 1 atom stereocenters. The minimum absolute atomic E-state index is 0.104. The molecule has 0 aliphatic carbocycles. The van der Waals surface area contributed by atoms with Crippen molar-refractivity contribution in [3.05, 3.63) is 0 Å². The lowest BCUT2D eigenvalue weighted by atomic mass is 10.1. The molecule has 0 aliphatic heterocycles. The van der Waals surface area contributed by atoms with E-state index in [1.54, 1.807) is 20.8 Å². The largest absolute Gasteiger partial charge is 0.340 e. The number of nitrogens with two attached hydrogens (primary N) is 1. The lowest BCUT2D eigenvalue weighted by Gasteiger charge is -2.19. The number of hydrogen-bond acceptors (Lipinski definition) is 2. The molecule has 3 heteroatoms. The zero-order valence-corrected chi connectivity index (χ0v) is 7.85. The van der Waals surface area contributed by atoms with Crippen LogP contribution in [-0.4, -0.2) is 17.5 Å². The fourth-order valence-electron chi connectivity index (χ4n) is 0.728. The summed E-state index contributed by atoms with van der Waals surface area (Å²) >= 11 is 0. The molecule has 1 unspecified atom stereocenters. The van der Waals surface area contributed by atoms with Gasteiger partial charge in [-0.1, -0.05) is 5.92 Å². The van der Waals surface area contributed by atoms with Crippen molar-refractivity contribution in [1.29, 1.82) is 0 Å². The van der Waals surface area contributed by atoms with E-state index in [2.05, 4.69) is 11.2 Å². The first-order valence-electron chi connectivity index (χ1n) is 3.92. The standard InChI is InChI=1S/C9H16N2O/c1-5-9(3,4)11-8(12)6-7(2)10/h1,7H,6,10H2,2-4H3,(H,11,12). The van der Waals surface area contributed by atoms with Crippen LogP contribution in [-0.2, 0) is 4.79 Å². The van der Waals surface area contributed by atoms with Crippen LogP contribution in [0.5, 0.6) is 0 Å². The predicted octanol–water partition coefficient (Wildman–Crippen LogP) is 0.252.